The van der Waals surface area contributed by atoms with Crippen molar-refractivity contribution in [1.29, 1.82) is 0 Å². The number of thioether (sulfide) groups is 1. The Morgan fingerprint density at radius 3 is 2.68 bits per heavy atom. The maximum atomic E-state index is 11.5. The third kappa shape index (κ3) is 1.86. The number of carbonyl (C=O) groups excluding carboxylic acids is 1. The number of nitrogens with one attached hydrogen (secondary N) is 1. The Morgan fingerprint density at radius 2 is 2.05 bits per heavy atom. The zero-order valence-electron chi connectivity index (χ0n) is 11.3. The molecule has 1 aromatic rings. The largest absolute Gasteiger partial charge is 0.412 e. The van der Waals surface area contributed by atoms with E-state index in [0.717, 1.165) is 12.2 Å². The monoisotopic (exact) mass is 275 g/mol. The van der Waals surface area contributed by atoms with Crippen LogP contribution in [0.2, 0.25) is 0 Å². The van der Waals surface area contributed by atoms with Gasteiger partial charge >= 0.3 is 6.09 Å². The Hall–Kier alpha value is -1.42. The second-order valence-electron chi connectivity index (χ2n) is 5.03. The molecule has 2 bridgehead atoms. The quantitative estimate of drug-likeness (QED) is 0.662. The van der Waals surface area contributed by atoms with Crippen molar-refractivity contribution < 1.29 is 9.53 Å². The average Bonchev–Trinajstić information content (AvgIpc) is 3.00. The van der Waals surface area contributed by atoms with Crippen molar-refractivity contribution in [1.82, 2.24) is 5.32 Å². The number of amides is 1. The van der Waals surface area contributed by atoms with E-state index in [4.69, 9.17) is 4.74 Å². The number of fused-ring (bicyclic) bond motifs is 5. The van der Waals surface area contributed by atoms with Gasteiger partial charge in [0.05, 0.1) is 0 Å². The lowest BCUT2D eigenvalue weighted by Crippen LogP contribution is -2.23. The van der Waals surface area contributed by atoms with Crippen molar-refractivity contribution in [3.8, 4) is 5.75 Å². The molecule has 19 heavy (non-hydrogen) atoms. The third-order valence-electron chi connectivity index (χ3n) is 3.94. The molecular weight excluding hydrogens is 258 g/mol. The minimum absolute atomic E-state index is 0.398. The first-order chi connectivity index (χ1) is 9.15. The summed E-state index contributed by atoms with van der Waals surface area (Å²) in [4.78, 5) is 12.8. The normalized spacial score (nSPS) is 22.5. The first-order valence-corrected chi connectivity index (χ1v) is 7.67. The van der Waals surface area contributed by atoms with Crippen LogP contribution < -0.4 is 10.1 Å². The van der Waals surface area contributed by atoms with Gasteiger partial charge in [-0.3, -0.25) is 0 Å². The maximum Gasteiger partial charge on any atom is 0.412 e. The van der Waals surface area contributed by atoms with Crippen molar-refractivity contribution >= 4 is 17.9 Å². The molecule has 0 spiro atoms. The smallest absolute Gasteiger partial charge is 0.410 e. The van der Waals surface area contributed by atoms with Gasteiger partial charge < -0.3 is 10.1 Å². The predicted molar refractivity (Wildman–Crippen MR) is 77.3 cm³/mol. The van der Waals surface area contributed by atoms with Crippen molar-refractivity contribution in [3.63, 3.8) is 0 Å². The summed E-state index contributed by atoms with van der Waals surface area (Å²) in [5.41, 5.74) is 3.77. The number of rotatable bonds is 2. The van der Waals surface area contributed by atoms with Gasteiger partial charge in [0.1, 0.15) is 5.75 Å². The van der Waals surface area contributed by atoms with E-state index in [0.29, 0.717) is 11.8 Å². The summed E-state index contributed by atoms with van der Waals surface area (Å²) in [6.07, 6.45) is 7.36. The van der Waals surface area contributed by atoms with Crippen molar-refractivity contribution in [3.05, 3.63) is 34.9 Å². The van der Waals surface area contributed by atoms with Crippen LogP contribution in [0.4, 0.5) is 4.79 Å². The van der Waals surface area contributed by atoms with E-state index in [1.54, 1.807) is 18.8 Å². The van der Waals surface area contributed by atoms with Gasteiger partial charge in [0.2, 0.25) is 0 Å². The fraction of sp³-hybridized carbons (Fsp3) is 0.400. The number of benzene rings is 1. The van der Waals surface area contributed by atoms with Gasteiger partial charge in [0, 0.05) is 29.3 Å². The van der Waals surface area contributed by atoms with Crippen LogP contribution in [-0.4, -0.2) is 19.4 Å². The van der Waals surface area contributed by atoms with Gasteiger partial charge in [-0.1, -0.05) is 12.2 Å². The summed E-state index contributed by atoms with van der Waals surface area (Å²) in [7, 11) is 1.58. The lowest BCUT2D eigenvalue weighted by Gasteiger charge is -2.20. The third-order valence-corrected chi connectivity index (χ3v) is 4.89. The van der Waals surface area contributed by atoms with Crippen LogP contribution in [0.3, 0.4) is 0 Å². The Bertz CT molecular complexity index is 580. The van der Waals surface area contributed by atoms with Crippen LogP contribution in [0.15, 0.2) is 23.1 Å². The highest BCUT2D eigenvalue weighted by molar-refractivity contribution is 7.98. The number of hydrogen-bond donors (Lipinski definition) is 1. The summed E-state index contributed by atoms with van der Waals surface area (Å²) < 4.78 is 5.45. The Labute approximate surface area is 117 Å². The molecule has 2 unspecified atom stereocenters. The molecule has 0 radical (unpaired) electrons. The van der Waals surface area contributed by atoms with E-state index in [1.807, 2.05) is 6.07 Å². The molecule has 3 rings (SSSR count). The summed E-state index contributed by atoms with van der Waals surface area (Å²) in [5, 5.41) is 2.51. The van der Waals surface area contributed by atoms with Crippen molar-refractivity contribution in [2.75, 3.05) is 13.3 Å². The summed E-state index contributed by atoms with van der Waals surface area (Å²) >= 11 is 1.78. The number of carbonyl (C=O) groups is 1. The molecule has 0 aliphatic heterocycles. The highest BCUT2D eigenvalue weighted by Gasteiger charge is 2.38. The topological polar surface area (TPSA) is 38.3 Å². The molecule has 0 aromatic heterocycles. The molecule has 3 nitrogen and oxygen atoms in total. The number of ether oxygens (including phenoxy) is 1. The Balaban J connectivity index is 2.14. The van der Waals surface area contributed by atoms with E-state index in [1.165, 1.54) is 21.6 Å². The Kier molecular flexibility index (Phi) is 3.05. The molecule has 2 aliphatic rings. The zero-order valence-corrected chi connectivity index (χ0v) is 12.1. The molecule has 2 atom stereocenters. The van der Waals surface area contributed by atoms with Crippen LogP contribution in [-0.2, 0) is 0 Å². The van der Waals surface area contributed by atoms with Crippen LogP contribution in [0.5, 0.6) is 5.75 Å². The minimum atomic E-state index is -0.398. The summed E-state index contributed by atoms with van der Waals surface area (Å²) in [6.45, 7) is 2.08. The molecule has 100 valence electrons. The highest BCUT2D eigenvalue weighted by Crippen LogP contribution is 2.55. The number of aryl methyl sites for hydroxylation is 1. The molecule has 1 aromatic carbocycles. The van der Waals surface area contributed by atoms with E-state index >= 15 is 0 Å². The van der Waals surface area contributed by atoms with Gasteiger partial charge in [0.25, 0.3) is 0 Å². The fourth-order valence-electron chi connectivity index (χ4n) is 3.19. The summed E-state index contributed by atoms with van der Waals surface area (Å²) in [5.74, 6) is 1.63. The first-order valence-electron chi connectivity index (χ1n) is 6.45. The van der Waals surface area contributed by atoms with Gasteiger partial charge in [-0.15, -0.1) is 11.8 Å². The lowest BCUT2D eigenvalue weighted by molar-refractivity contribution is 0.202. The molecule has 0 saturated carbocycles. The van der Waals surface area contributed by atoms with Crippen LogP contribution in [0.25, 0.3) is 0 Å². The number of hydrogen-bond acceptors (Lipinski definition) is 3. The maximum absolute atomic E-state index is 11.5. The second-order valence-corrected chi connectivity index (χ2v) is 5.84. The average molecular weight is 275 g/mol. The van der Waals surface area contributed by atoms with Gasteiger partial charge in [-0.05, 0) is 36.8 Å². The fourth-order valence-corrected chi connectivity index (χ4v) is 4.05. The molecule has 0 saturated heterocycles. The van der Waals surface area contributed by atoms with Crippen molar-refractivity contribution in [2.45, 2.75) is 30.1 Å². The van der Waals surface area contributed by atoms with Gasteiger partial charge in [-0.25, -0.2) is 4.79 Å². The Morgan fingerprint density at radius 1 is 1.37 bits per heavy atom. The van der Waals surface area contributed by atoms with Gasteiger partial charge in [-0.2, -0.15) is 0 Å². The predicted octanol–water partition coefficient (Wildman–Crippen LogP) is 3.58. The van der Waals surface area contributed by atoms with E-state index in [9.17, 15) is 4.79 Å². The molecule has 1 N–H and O–H groups in total. The van der Waals surface area contributed by atoms with E-state index in [-0.39, 0.29) is 0 Å². The second kappa shape index (κ2) is 4.60. The summed E-state index contributed by atoms with van der Waals surface area (Å²) in [6, 6.07) is 1.99. The van der Waals surface area contributed by atoms with E-state index < -0.39 is 6.09 Å². The highest BCUT2D eigenvalue weighted by atomic mass is 32.2. The van der Waals surface area contributed by atoms with Crippen LogP contribution in [0.1, 0.15) is 34.9 Å². The van der Waals surface area contributed by atoms with Crippen LogP contribution >= 0.6 is 11.8 Å². The first kappa shape index (κ1) is 12.6. The van der Waals surface area contributed by atoms with Gasteiger partial charge in [0.15, 0.2) is 0 Å². The molecule has 4 heteroatoms. The molecule has 2 aliphatic carbocycles. The molecule has 1 amide bonds. The SMILES string of the molecule is CNC(=O)Oc1cc(C)c(SC)c2c1C1C=CC2C1. The molecular formula is C15H17NO2S. The molecule has 0 fully saturated rings. The number of allylic oxidation sites excluding steroid dienone is 2. The minimum Gasteiger partial charge on any atom is -0.410 e. The molecule has 0 heterocycles. The van der Waals surface area contributed by atoms with Crippen LogP contribution in [0, 0.1) is 6.92 Å². The zero-order chi connectivity index (χ0) is 13.6. The van der Waals surface area contributed by atoms with Crippen molar-refractivity contribution in [2.24, 2.45) is 0 Å². The standard InChI is InChI=1S/C15H17NO2S/c1-8-6-11(18-15(17)16-2)12-9-4-5-10(7-9)13(12)14(8)19-3/h4-6,9-10H,7H2,1-3H3,(H,16,17). The lowest BCUT2D eigenvalue weighted by atomic mass is 9.94. The van der Waals surface area contributed by atoms with E-state index in [2.05, 4.69) is 30.6 Å².